The highest BCUT2D eigenvalue weighted by atomic mass is 16.5. The number of carbonyl (C=O) groups is 1. The number of ether oxygens (including phenoxy) is 1. The van der Waals surface area contributed by atoms with E-state index in [0.717, 1.165) is 19.3 Å². The monoisotopic (exact) mass is 168 g/mol. The van der Waals surface area contributed by atoms with E-state index < -0.39 is 0 Å². The van der Waals surface area contributed by atoms with Crippen LogP contribution in [0.4, 0.5) is 0 Å². The zero-order chi connectivity index (χ0) is 8.97. The number of rotatable bonds is 4. The lowest BCUT2D eigenvalue weighted by atomic mass is 9.99. The molecule has 0 bridgehead atoms. The number of esters is 1. The van der Waals surface area contributed by atoms with Gasteiger partial charge in [-0.05, 0) is 6.42 Å². The maximum atomic E-state index is 11.1. The van der Waals surface area contributed by atoms with E-state index in [-0.39, 0.29) is 11.9 Å². The van der Waals surface area contributed by atoms with Gasteiger partial charge in [0, 0.05) is 6.42 Å². The van der Waals surface area contributed by atoms with Crippen LogP contribution in [0.1, 0.15) is 39.0 Å². The Labute approximate surface area is 73.6 Å². The van der Waals surface area contributed by atoms with Crippen LogP contribution in [-0.4, -0.2) is 5.97 Å². The minimum Gasteiger partial charge on any atom is -0.431 e. The molecule has 0 N–H and O–H groups in total. The van der Waals surface area contributed by atoms with Crippen LogP contribution in [0.5, 0.6) is 0 Å². The first kappa shape index (κ1) is 9.30. The lowest BCUT2D eigenvalue weighted by Gasteiger charge is -2.02. The fourth-order valence-corrected chi connectivity index (χ4v) is 1.49. The third-order valence-corrected chi connectivity index (χ3v) is 2.21. The van der Waals surface area contributed by atoms with Crippen molar-refractivity contribution < 1.29 is 9.53 Å². The molecule has 0 saturated carbocycles. The number of cyclic esters (lactones) is 1. The summed E-state index contributed by atoms with van der Waals surface area (Å²) in [6.45, 7) is 5.80. The summed E-state index contributed by atoms with van der Waals surface area (Å²) in [5.41, 5.74) is 0. The predicted octanol–water partition coefficient (Wildman–Crippen LogP) is 2.64. The van der Waals surface area contributed by atoms with Crippen LogP contribution >= 0.6 is 0 Å². The van der Waals surface area contributed by atoms with Gasteiger partial charge in [-0.1, -0.05) is 32.8 Å². The Balaban J connectivity index is 2.24. The van der Waals surface area contributed by atoms with Crippen molar-refractivity contribution in [2.24, 2.45) is 5.92 Å². The first-order chi connectivity index (χ1) is 5.74. The Morgan fingerprint density at radius 1 is 1.58 bits per heavy atom. The van der Waals surface area contributed by atoms with Crippen LogP contribution in [0.2, 0.25) is 0 Å². The topological polar surface area (TPSA) is 26.3 Å². The molecule has 0 aliphatic carbocycles. The summed E-state index contributed by atoms with van der Waals surface area (Å²) in [7, 11) is 0. The van der Waals surface area contributed by atoms with Gasteiger partial charge in [0.05, 0.1) is 5.92 Å². The Morgan fingerprint density at radius 2 is 2.33 bits per heavy atom. The number of unbranched alkanes of at least 4 members (excludes halogenated alkanes) is 2. The molecule has 0 radical (unpaired) electrons. The van der Waals surface area contributed by atoms with Crippen LogP contribution in [-0.2, 0) is 9.53 Å². The number of carbonyl (C=O) groups excluding carboxylic acids is 1. The molecule has 0 spiro atoms. The van der Waals surface area contributed by atoms with E-state index in [1.54, 1.807) is 0 Å². The molecule has 1 fully saturated rings. The van der Waals surface area contributed by atoms with Gasteiger partial charge in [0.15, 0.2) is 0 Å². The quantitative estimate of drug-likeness (QED) is 0.476. The first-order valence-corrected chi connectivity index (χ1v) is 4.63. The van der Waals surface area contributed by atoms with E-state index in [0.29, 0.717) is 5.76 Å². The van der Waals surface area contributed by atoms with Crippen LogP contribution in [0.25, 0.3) is 0 Å². The van der Waals surface area contributed by atoms with Crippen molar-refractivity contribution in [1.82, 2.24) is 0 Å². The maximum absolute atomic E-state index is 11.1. The van der Waals surface area contributed by atoms with E-state index in [9.17, 15) is 4.79 Å². The molecule has 0 amide bonds. The van der Waals surface area contributed by atoms with Gasteiger partial charge in [0.1, 0.15) is 5.76 Å². The second-order valence-electron chi connectivity index (χ2n) is 3.36. The van der Waals surface area contributed by atoms with Crippen LogP contribution < -0.4 is 0 Å². The van der Waals surface area contributed by atoms with E-state index in [4.69, 9.17) is 4.74 Å². The lowest BCUT2D eigenvalue weighted by Crippen LogP contribution is -2.06. The van der Waals surface area contributed by atoms with E-state index >= 15 is 0 Å². The Morgan fingerprint density at radius 3 is 2.83 bits per heavy atom. The third-order valence-electron chi connectivity index (χ3n) is 2.21. The zero-order valence-corrected chi connectivity index (χ0v) is 7.64. The van der Waals surface area contributed by atoms with Gasteiger partial charge in [0.25, 0.3) is 0 Å². The zero-order valence-electron chi connectivity index (χ0n) is 7.64. The average Bonchev–Trinajstić information content (AvgIpc) is 2.31. The van der Waals surface area contributed by atoms with Gasteiger partial charge in [-0.15, -0.1) is 0 Å². The minimum absolute atomic E-state index is 0.0731. The fourth-order valence-electron chi connectivity index (χ4n) is 1.49. The average molecular weight is 168 g/mol. The highest BCUT2D eigenvalue weighted by molar-refractivity contribution is 5.76. The van der Waals surface area contributed by atoms with Gasteiger partial charge >= 0.3 is 5.97 Å². The molecule has 1 rings (SSSR count). The van der Waals surface area contributed by atoms with E-state index in [1.807, 2.05) is 0 Å². The van der Waals surface area contributed by atoms with Crippen molar-refractivity contribution in [3.8, 4) is 0 Å². The molecular weight excluding hydrogens is 152 g/mol. The van der Waals surface area contributed by atoms with Crippen molar-refractivity contribution in [1.29, 1.82) is 0 Å². The SMILES string of the molecule is C=C1CC(CCCCC)C(=O)O1. The molecule has 1 heterocycles. The Kier molecular flexibility index (Phi) is 3.32. The summed E-state index contributed by atoms with van der Waals surface area (Å²) < 4.78 is 4.87. The second kappa shape index (κ2) is 4.29. The van der Waals surface area contributed by atoms with Crippen molar-refractivity contribution in [3.63, 3.8) is 0 Å². The first-order valence-electron chi connectivity index (χ1n) is 4.63. The summed E-state index contributed by atoms with van der Waals surface area (Å²) in [5, 5.41) is 0. The normalized spacial score (nSPS) is 22.9. The van der Waals surface area contributed by atoms with Gasteiger partial charge in [-0.25, -0.2) is 0 Å². The summed E-state index contributed by atoms with van der Waals surface area (Å²) in [6.07, 6.45) is 5.23. The van der Waals surface area contributed by atoms with Crippen LogP contribution in [0.3, 0.4) is 0 Å². The summed E-state index contributed by atoms with van der Waals surface area (Å²) in [5.74, 6) is 0.668. The number of hydrogen-bond donors (Lipinski definition) is 0. The molecule has 1 aliphatic heterocycles. The highest BCUT2D eigenvalue weighted by Crippen LogP contribution is 2.27. The van der Waals surface area contributed by atoms with Crippen molar-refractivity contribution in [2.45, 2.75) is 39.0 Å². The van der Waals surface area contributed by atoms with Crippen molar-refractivity contribution >= 4 is 5.97 Å². The molecule has 1 atom stereocenters. The summed E-state index contributed by atoms with van der Waals surface area (Å²) >= 11 is 0. The van der Waals surface area contributed by atoms with Gasteiger partial charge < -0.3 is 4.74 Å². The van der Waals surface area contributed by atoms with E-state index in [1.165, 1.54) is 12.8 Å². The molecule has 0 aromatic carbocycles. The predicted molar refractivity (Wildman–Crippen MR) is 47.5 cm³/mol. The Hall–Kier alpha value is -0.790. The summed E-state index contributed by atoms with van der Waals surface area (Å²) in [4.78, 5) is 11.1. The van der Waals surface area contributed by atoms with Gasteiger partial charge in [-0.3, -0.25) is 4.79 Å². The molecule has 68 valence electrons. The van der Waals surface area contributed by atoms with Crippen molar-refractivity contribution in [3.05, 3.63) is 12.3 Å². The van der Waals surface area contributed by atoms with Crippen LogP contribution in [0, 0.1) is 5.92 Å². The molecule has 0 aromatic heterocycles. The van der Waals surface area contributed by atoms with Crippen molar-refractivity contribution in [2.75, 3.05) is 0 Å². The number of hydrogen-bond acceptors (Lipinski definition) is 2. The molecule has 1 saturated heterocycles. The van der Waals surface area contributed by atoms with Crippen LogP contribution in [0.15, 0.2) is 12.3 Å². The molecule has 2 nitrogen and oxygen atoms in total. The third kappa shape index (κ3) is 2.36. The van der Waals surface area contributed by atoms with Gasteiger partial charge in [-0.2, -0.15) is 0 Å². The molecule has 1 aliphatic rings. The van der Waals surface area contributed by atoms with E-state index in [2.05, 4.69) is 13.5 Å². The second-order valence-corrected chi connectivity index (χ2v) is 3.36. The fraction of sp³-hybridized carbons (Fsp3) is 0.700. The summed E-state index contributed by atoms with van der Waals surface area (Å²) in [6, 6.07) is 0. The smallest absolute Gasteiger partial charge is 0.314 e. The standard InChI is InChI=1S/C10H16O2/c1-3-4-5-6-9-7-8(2)12-10(9)11/h9H,2-7H2,1H3. The molecule has 2 heteroatoms. The lowest BCUT2D eigenvalue weighted by molar-refractivity contribution is -0.139. The minimum atomic E-state index is -0.0731. The molecule has 0 aromatic rings. The Bertz CT molecular complexity index is 184. The highest BCUT2D eigenvalue weighted by Gasteiger charge is 2.28. The largest absolute Gasteiger partial charge is 0.431 e. The maximum Gasteiger partial charge on any atom is 0.314 e. The molecule has 12 heavy (non-hydrogen) atoms. The van der Waals surface area contributed by atoms with Gasteiger partial charge in [0.2, 0.25) is 0 Å². The molecular formula is C10H16O2. The molecule has 1 unspecified atom stereocenters. The number of allylic oxidation sites excluding steroid dienone is 1.